The summed E-state index contributed by atoms with van der Waals surface area (Å²) in [7, 11) is 0. The number of aliphatic hydroxyl groups is 2. The highest BCUT2D eigenvalue weighted by atomic mass is 16.5. The van der Waals surface area contributed by atoms with Gasteiger partial charge in [-0.1, -0.05) is 251 Å². The molecular weight excluding hydrogens is 755 g/mol. The quantitative estimate of drug-likeness (QED) is 0.0322. The van der Waals surface area contributed by atoms with E-state index in [1.165, 1.54) is 199 Å². The Morgan fingerprint density at radius 3 is 1.18 bits per heavy atom. The summed E-state index contributed by atoms with van der Waals surface area (Å²) < 4.78 is 5.44. The van der Waals surface area contributed by atoms with Crippen LogP contribution in [0.25, 0.3) is 0 Å². The maximum atomic E-state index is 12.5. The lowest BCUT2D eigenvalue weighted by Gasteiger charge is -2.22. The van der Waals surface area contributed by atoms with Gasteiger partial charge in [0.25, 0.3) is 0 Å². The van der Waals surface area contributed by atoms with E-state index in [2.05, 4.69) is 31.3 Å². The highest BCUT2D eigenvalue weighted by molar-refractivity contribution is 5.76. The molecule has 0 aromatic heterocycles. The second-order valence-corrected chi connectivity index (χ2v) is 18.9. The highest BCUT2D eigenvalue weighted by Crippen LogP contribution is 2.17. The number of aliphatic hydroxyl groups excluding tert-OH is 2. The Morgan fingerprint density at radius 1 is 0.443 bits per heavy atom. The number of hydrogen-bond acceptors (Lipinski definition) is 5. The summed E-state index contributed by atoms with van der Waals surface area (Å²) in [6.07, 6.45) is 59.0. The van der Waals surface area contributed by atoms with Crippen molar-refractivity contribution in [3.05, 3.63) is 12.2 Å². The summed E-state index contributed by atoms with van der Waals surface area (Å²) in [6, 6.07) is -0.561. The molecule has 0 bridgehead atoms. The Balaban J connectivity index is 3.49. The van der Waals surface area contributed by atoms with Crippen LogP contribution in [-0.4, -0.2) is 47.4 Å². The van der Waals surface area contributed by atoms with Crippen molar-refractivity contribution in [3.8, 4) is 0 Å². The molecule has 6 heteroatoms. The van der Waals surface area contributed by atoms with Gasteiger partial charge in [0.15, 0.2) is 0 Å². The van der Waals surface area contributed by atoms with Gasteiger partial charge in [0.2, 0.25) is 5.91 Å². The lowest BCUT2D eigenvalue weighted by Crippen LogP contribution is -2.45. The molecule has 0 aliphatic rings. The van der Waals surface area contributed by atoms with Gasteiger partial charge in [-0.05, 0) is 51.4 Å². The molecule has 0 heterocycles. The van der Waals surface area contributed by atoms with Crippen molar-refractivity contribution < 1.29 is 24.5 Å². The number of hydrogen-bond donors (Lipinski definition) is 3. The standard InChI is InChI=1S/C55H107NO5/c1-3-5-7-9-11-13-15-16-17-18-19-20-21-22-24-28-31-35-39-43-47-53(58)52(51-57)56-54(59)48-44-40-36-32-29-25-23-26-30-34-38-42-46-50-61-55(60)49-45-41-37-33-27-14-12-10-8-6-4-2/h25,29,52-53,57-58H,3-24,26-28,30-51H2,1-2H3,(H,56,59)/b29-25-. The maximum absolute atomic E-state index is 12.5. The molecule has 362 valence electrons. The second-order valence-electron chi connectivity index (χ2n) is 18.9. The molecule has 0 fully saturated rings. The first-order chi connectivity index (χ1) is 30.0. The first kappa shape index (κ1) is 59.6. The van der Waals surface area contributed by atoms with Crippen LogP contribution in [0.5, 0.6) is 0 Å². The number of ether oxygens (including phenoxy) is 1. The zero-order valence-electron chi connectivity index (χ0n) is 41.2. The lowest BCUT2D eigenvalue weighted by atomic mass is 10.0. The Morgan fingerprint density at radius 2 is 0.770 bits per heavy atom. The molecule has 61 heavy (non-hydrogen) atoms. The summed E-state index contributed by atoms with van der Waals surface area (Å²) in [4.78, 5) is 24.4. The largest absolute Gasteiger partial charge is 0.466 e. The number of carbonyl (C=O) groups excluding carboxylic acids is 2. The fourth-order valence-electron chi connectivity index (χ4n) is 8.58. The first-order valence-corrected chi connectivity index (χ1v) is 27.4. The van der Waals surface area contributed by atoms with Gasteiger partial charge in [0.05, 0.1) is 25.4 Å². The van der Waals surface area contributed by atoms with E-state index in [0.29, 0.717) is 25.9 Å². The van der Waals surface area contributed by atoms with Crippen molar-refractivity contribution >= 4 is 11.9 Å². The van der Waals surface area contributed by atoms with Gasteiger partial charge in [-0.25, -0.2) is 0 Å². The average Bonchev–Trinajstić information content (AvgIpc) is 3.26. The maximum Gasteiger partial charge on any atom is 0.305 e. The fraction of sp³-hybridized carbons (Fsp3) is 0.927. The third-order valence-corrected chi connectivity index (χ3v) is 12.8. The molecule has 0 spiro atoms. The lowest BCUT2D eigenvalue weighted by molar-refractivity contribution is -0.143. The summed E-state index contributed by atoms with van der Waals surface area (Å²) in [5.74, 6) is -0.0743. The molecule has 0 aliphatic heterocycles. The summed E-state index contributed by atoms with van der Waals surface area (Å²) in [6.45, 7) is 4.92. The molecular formula is C55H107NO5. The number of carbonyl (C=O) groups is 2. The Kier molecular flexibility index (Phi) is 50.1. The van der Waals surface area contributed by atoms with Crippen LogP contribution in [0.4, 0.5) is 0 Å². The number of rotatable bonds is 51. The highest BCUT2D eigenvalue weighted by Gasteiger charge is 2.20. The number of unbranched alkanes of at least 4 members (excludes halogenated alkanes) is 38. The number of esters is 1. The third kappa shape index (κ3) is 47.9. The third-order valence-electron chi connectivity index (χ3n) is 12.8. The number of nitrogens with one attached hydrogen (secondary N) is 1. The van der Waals surface area contributed by atoms with Crippen LogP contribution in [0.3, 0.4) is 0 Å². The van der Waals surface area contributed by atoms with Crippen LogP contribution >= 0.6 is 0 Å². The fourth-order valence-corrected chi connectivity index (χ4v) is 8.58. The van der Waals surface area contributed by atoms with Crippen molar-refractivity contribution in [2.24, 2.45) is 0 Å². The van der Waals surface area contributed by atoms with E-state index in [0.717, 1.165) is 70.6 Å². The van der Waals surface area contributed by atoms with E-state index in [-0.39, 0.29) is 18.5 Å². The minimum atomic E-state index is -0.681. The Hall–Kier alpha value is -1.40. The van der Waals surface area contributed by atoms with Crippen molar-refractivity contribution in [2.45, 2.75) is 315 Å². The minimum Gasteiger partial charge on any atom is -0.466 e. The molecule has 0 aliphatic carbocycles. The zero-order valence-corrected chi connectivity index (χ0v) is 41.2. The molecule has 3 N–H and O–H groups in total. The smallest absolute Gasteiger partial charge is 0.305 e. The predicted octanol–water partition coefficient (Wildman–Crippen LogP) is 16.5. The summed E-state index contributed by atoms with van der Waals surface area (Å²) in [5, 5.41) is 23.3. The van der Waals surface area contributed by atoms with Gasteiger partial charge in [-0.2, -0.15) is 0 Å². The molecule has 1 amide bonds. The van der Waals surface area contributed by atoms with E-state index < -0.39 is 12.1 Å². The van der Waals surface area contributed by atoms with Gasteiger partial charge in [0.1, 0.15) is 0 Å². The van der Waals surface area contributed by atoms with Crippen LogP contribution in [0.1, 0.15) is 303 Å². The monoisotopic (exact) mass is 862 g/mol. The van der Waals surface area contributed by atoms with Gasteiger partial charge >= 0.3 is 5.97 Å². The summed E-state index contributed by atoms with van der Waals surface area (Å²) >= 11 is 0. The number of allylic oxidation sites excluding steroid dienone is 2. The molecule has 2 atom stereocenters. The first-order valence-electron chi connectivity index (χ1n) is 27.4. The molecule has 0 radical (unpaired) electrons. The van der Waals surface area contributed by atoms with E-state index in [4.69, 9.17) is 4.74 Å². The van der Waals surface area contributed by atoms with Crippen molar-refractivity contribution in [1.82, 2.24) is 5.32 Å². The van der Waals surface area contributed by atoms with E-state index in [1.807, 2.05) is 0 Å². The van der Waals surface area contributed by atoms with Crippen LogP contribution in [0, 0.1) is 0 Å². The van der Waals surface area contributed by atoms with Crippen LogP contribution in [0.2, 0.25) is 0 Å². The van der Waals surface area contributed by atoms with Crippen LogP contribution < -0.4 is 5.32 Å². The predicted molar refractivity (Wildman–Crippen MR) is 264 cm³/mol. The van der Waals surface area contributed by atoms with Crippen LogP contribution in [0.15, 0.2) is 12.2 Å². The van der Waals surface area contributed by atoms with Crippen molar-refractivity contribution in [3.63, 3.8) is 0 Å². The molecule has 0 aromatic rings. The molecule has 0 saturated carbocycles. The molecule has 0 aromatic carbocycles. The van der Waals surface area contributed by atoms with Crippen molar-refractivity contribution in [1.29, 1.82) is 0 Å². The average molecular weight is 862 g/mol. The van der Waals surface area contributed by atoms with Crippen LogP contribution in [-0.2, 0) is 14.3 Å². The van der Waals surface area contributed by atoms with E-state index in [1.54, 1.807) is 0 Å². The molecule has 0 rings (SSSR count). The van der Waals surface area contributed by atoms with Gasteiger partial charge in [-0.15, -0.1) is 0 Å². The number of amides is 1. The van der Waals surface area contributed by atoms with E-state index >= 15 is 0 Å². The van der Waals surface area contributed by atoms with Gasteiger partial charge < -0.3 is 20.3 Å². The second kappa shape index (κ2) is 51.2. The Bertz CT molecular complexity index is 909. The Labute approximate surface area is 380 Å². The topological polar surface area (TPSA) is 95.9 Å². The molecule has 2 unspecified atom stereocenters. The van der Waals surface area contributed by atoms with Gasteiger partial charge in [-0.3, -0.25) is 9.59 Å². The SMILES string of the molecule is CCCCCCCCCCCCCCCCCCCCCCC(O)C(CO)NC(=O)CCCCC/C=C\CCCCCCCCOC(=O)CCCCCCCCCCCCC. The minimum absolute atomic E-state index is 0.0122. The molecule has 0 saturated heterocycles. The van der Waals surface area contributed by atoms with Crippen molar-refractivity contribution in [2.75, 3.05) is 13.2 Å². The van der Waals surface area contributed by atoms with E-state index in [9.17, 15) is 19.8 Å². The molecule has 6 nitrogen and oxygen atoms in total. The normalized spacial score (nSPS) is 12.7. The van der Waals surface area contributed by atoms with Gasteiger partial charge in [0, 0.05) is 12.8 Å². The zero-order chi connectivity index (χ0) is 44.4. The summed E-state index contributed by atoms with van der Waals surface area (Å²) in [5.41, 5.74) is 0.